The van der Waals surface area contributed by atoms with Gasteiger partial charge in [-0.25, -0.2) is 4.40 Å². The number of nitrogens with zero attached hydrogens (tertiary/aromatic N) is 1. The molecule has 0 fully saturated rings. The number of carbonyl (C=O) groups excluding carboxylic acids is 1. The van der Waals surface area contributed by atoms with E-state index in [2.05, 4.69) is 14.5 Å². The van der Waals surface area contributed by atoms with Crippen LogP contribution >= 0.6 is 35.1 Å². The van der Waals surface area contributed by atoms with E-state index in [1.165, 1.54) is 37.4 Å². The highest BCUT2D eigenvalue weighted by atomic mass is 35.5. The van der Waals surface area contributed by atoms with Gasteiger partial charge in [-0.05, 0) is 65.9 Å². The number of aliphatic hydroxyl groups excluding tert-OH is 1. The van der Waals surface area contributed by atoms with E-state index in [0.29, 0.717) is 23.1 Å². The first-order valence-corrected chi connectivity index (χ1v) is 10.4. The molecule has 2 unspecified atom stereocenters. The molecule has 3 rings (SSSR count). The van der Waals surface area contributed by atoms with Gasteiger partial charge in [0.1, 0.15) is 0 Å². The van der Waals surface area contributed by atoms with E-state index in [0.717, 1.165) is 0 Å². The lowest BCUT2D eigenvalue weighted by molar-refractivity contribution is -0.159. The Kier molecular flexibility index (Phi) is 6.93. The molecule has 11 heteroatoms. The smallest absolute Gasteiger partial charge is 0.351 e. The quantitative estimate of drug-likeness (QED) is 0.441. The van der Waals surface area contributed by atoms with Crippen LogP contribution in [0.4, 0.5) is 13.2 Å². The van der Waals surface area contributed by atoms with Gasteiger partial charge in [0.2, 0.25) is 6.41 Å². The predicted molar refractivity (Wildman–Crippen MR) is 115 cm³/mol. The molecule has 1 amide bonds. The Labute approximate surface area is 190 Å². The van der Waals surface area contributed by atoms with E-state index >= 15 is 0 Å². The number of amides is 1. The van der Waals surface area contributed by atoms with E-state index < -0.39 is 29.7 Å². The monoisotopic (exact) mass is 492 g/mol. The summed E-state index contributed by atoms with van der Waals surface area (Å²) < 4.78 is 48.9. The first-order chi connectivity index (χ1) is 14.5. The minimum atomic E-state index is -4.62. The molecule has 5 nitrogen and oxygen atoms in total. The number of benzene rings is 2. The summed E-state index contributed by atoms with van der Waals surface area (Å²) in [5.74, 6) is -0.584. The normalized spacial score (nSPS) is 19.8. The second-order valence-corrected chi connectivity index (χ2v) is 8.82. The molecule has 0 saturated heterocycles. The topological polar surface area (TPSA) is 70.9 Å². The van der Waals surface area contributed by atoms with Crippen molar-refractivity contribution in [3.63, 3.8) is 0 Å². The van der Waals surface area contributed by atoms with Crippen molar-refractivity contribution in [3.05, 3.63) is 68.7 Å². The number of aryl methyl sites for hydroxylation is 1. The van der Waals surface area contributed by atoms with Crippen LogP contribution in [0.5, 0.6) is 0 Å². The number of halogens is 5. The molecule has 1 aliphatic heterocycles. The van der Waals surface area contributed by atoms with Crippen molar-refractivity contribution in [2.24, 2.45) is 4.40 Å². The summed E-state index contributed by atoms with van der Waals surface area (Å²) in [4.78, 5) is 12.2. The van der Waals surface area contributed by atoms with Crippen molar-refractivity contribution in [2.75, 3.05) is 7.11 Å². The van der Waals surface area contributed by atoms with Crippen LogP contribution in [0.2, 0.25) is 10.0 Å². The first-order valence-electron chi connectivity index (χ1n) is 8.88. The standard InChI is InChI=1S/C20H17Cl2F3N2O3S/c1-10-5-11(3-4-15(10)17(28)26-18(29)30-2)16-9-19(31-27-16,20(23,24)25)12-6-13(21)8-14(22)7-12/h3-8,18,29H,9H2,1-2H3,(H,26,28). The maximum atomic E-state index is 14.2. The molecule has 0 aliphatic carbocycles. The molecule has 2 atom stereocenters. The largest absolute Gasteiger partial charge is 0.409 e. The predicted octanol–water partition coefficient (Wildman–Crippen LogP) is 5.25. The Hall–Kier alpha value is -1.78. The van der Waals surface area contributed by atoms with Gasteiger partial charge in [0.05, 0.1) is 5.71 Å². The highest BCUT2D eigenvalue weighted by Gasteiger charge is 2.60. The van der Waals surface area contributed by atoms with Crippen LogP contribution in [0.15, 0.2) is 40.8 Å². The van der Waals surface area contributed by atoms with Crippen molar-refractivity contribution < 1.29 is 27.8 Å². The summed E-state index contributed by atoms with van der Waals surface area (Å²) in [6, 6.07) is 8.40. The third-order valence-corrected chi connectivity index (χ3v) is 6.47. The molecule has 2 N–H and O–H groups in total. The van der Waals surface area contributed by atoms with Gasteiger partial charge in [-0.1, -0.05) is 29.3 Å². The van der Waals surface area contributed by atoms with Crippen molar-refractivity contribution in [1.29, 1.82) is 0 Å². The lowest BCUT2D eigenvalue weighted by Crippen LogP contribution is -2.38. The fourth-order valence-corrected chi connectivity index (χ4v) is 4.68. The number of hydrogen-bond acceptors (Lipinski definition) is 5. The Morgan fingerprint density at radius 1 is 1.26 bits per heavy atom. The molecule has 166 valence electrons. The maximum Gasteiger partial charge on any atom is 0.409 e. The number of rotatable bonds is 5. The molecule has 2 aromatic carbocycles. The van der Waals surface area contributed by atoms with E-state index in [-0.39, 0.29) is 26.9 Å². The van der Waals surface area contributed by atoms with E-state index in [1.54, 1.807) is 13.0 Å². The van der Waals surface area contributed by atoms with E-state index in [9.17, 15) is 23.1 Å². The van der Waals surface area contributed by atoms with Crippen LogP contribution in [0.25, 0.3) is 0 Å². The number of alkyl halides is 3. The van der Waals surface area contributed by atoms with Gasteiger partial charge in [0.25, 0.3) is 5.91 Å². The van der Waals surface area contributed by atoms with Crippen molar-refractivity contribution in [2.45, 2.75) is 30.7 Å². The lowest BCUT2D eigenvalue weighted by atomic mass is 9.89. The van der Waals surface area contributed by atoms with E-state index in [4.69, 9.17) is 23.2 Å². The fraction of sp³-hybridized carbons (Fsp3) is 0.300. The Balaban J connectivity index is 1.92. The molecule has 2 aromatic rings. The first kappa shape index (κ1) is 23.9. The molecule has 1 heterocycles. The zero-order chi connectivity index (χ0) is 23.0. The second kappa shape index (κ2) is 8.99. The van der Waals surface area contributed by atoms with Gasteiger partial charge in [0, 0.05) is 29.1 Å². The van der Waals surface area contributed by atoms with Crippen molar-refractivity contribution in [3.8, 4) is 0 Å². The fourth-order valence-electron chi connectivity index (χ4n) is 3.19. The number of ether oxygens (including phenoxy) is 1. The summed E-state index contributed by atoms with van der Waals surface area (Å²) in [6.45, 7) is 1.63. The third-order valence-electron chi connectivity index (χ3n) is 4.80. The summed E-state index contributed by atoms with van der Waals surface area (Å²) in [5, 5.41) is 11.8. The molecule has 0 spiro atoms. The van der Waals surface area contributed by atoms with Crippen LogP contribution in [0, 0.1) is 6.92 Å². The van der Waals surface area contributed by atoms with Gasteiger partial charge in [-0.15, -0.1) is 0 Å². The summed E-state index contributed by atoms with van der Waals surface area (Å²) in [7, 11) is 1.22. The number of methoxy groups -OCH3 is 1. The SMILES string of the molecule is COC(O)NC(=O)c1ccc(C2=NSC(c3cc(Cl)cc(Cl)c3)(C(F)(F)F)C2)cc1C. The maximum absolute atomic E-state index is 14.2. The van der Waals surface area contributed by atoms with E-state index in [1.807, 2.05) is 0 Å². The summed E-state index contributed by atoms with van der Waals surface area (Å²) >= 11 is 12.3. The Morgan fingerprint density at radius 3 is 2.45 bits per heavy atom. The Bertz CT molecular complexity index is 1030. The highest BCUT2D eigenvalue weighted by molar-refractivity contribution is 7.99. The van der Waals surface area contributed by atoms with Crippen molar-refractivity contribution in [1.82, 2.24) is 5.32 Å². The van der Waals surface area contributed by atoms with Crippen LogP contribution < -0.4 is 5.32 Å². The van der Waals surface area contributed by atoms with Gasteiger partial charge >= 0.3 is 6.18 Å². The molecule has 0 saturated carbocycles. The molecule has 0 bridgehead atoms. The van der Waals surface area contributed by atoms with Crippen LogP contribution in [0.3, 0.4) is 0 Å². The summed E-state index contributed by atoms with van der Waals surface area (Å²) in [6.07, 6.45) is -6.52. The minimum Gasteiger partial charge on any atom is -0.351 e. The van der Waals surface area contributed by atoms with Gasteiger partial charge in [-0.2, -0.15) is 13.2 Å². The second-order valence-electron chi connectivity index (χ2n) is 6.88. The van der Waals surface area contributed by atoms with Crippen LogP contribution in [-0.2, 0) is 9.48 Å². The Morgan fingerprint density at radius 2 is 1.90 bits per heavy atom. The van der Waals surface area contributed by atoms with Gasteiger partial charge in [-0.3, -0.25) is 4.79 Å². The summed E-state index contributed by atoms with van der Waals surface area (Å²) in [5.41, 5.74) is 1.34. The number of carbonyl (C=O) groups is 1. The molecular weight excluding hydrogens is 476 g/mol. The van der Waals surface area contributed by atoms with Gasteiger partial charge < -0.3 is 15.2 Å². The third kappa shape index (κ3) is 4.85. The van der Waals surface area contributed by atoms with Crippen LogP contribution in [0.1, 0.15) is 33.5 Å². The average molecular weight is 493 g/mol. The lowest BCUT2D eigenvalue weighted by Gasteiger charge is -2.30. The van der Waals surface area contributed by atoms with Crippen molar-refractivity contribution >= 4 is 46.8 Å². The van der Waals surface area contributed by atoms with Gasteiger partial charge in [0.15, 0.2) is 4.75 Å². The average Bonchev–Trinajstić information content (AvgIpc) is 3.13. The molecule has 1 aliphatic rings. The molecule has 31 heavy (non-hydrogen) atoms. The zero-order valence-electron chi connectivity index (χ0n) is 16.3. The number of nitrogens with one attached hydrogen (secondary N) is 1. The number of hydrogen-bond donors (Lipinski definition) is 2. The molecule has 0 aromatic heterocycles. The zero-order valence-corrected chi connectivity index (χ0v) is 18.6. The molecule has 0 radical (unpaired) electrons. The minimum absolute atomic E-state index is 0.0810. The van der Waals surface area contributed by atoms with Crippen LogP contribution in [-0.4, -0.2) is 36.4 Å². The number of aliphatic hydroxyl groups is 1. The highest BCUT2D eigenvalue weighted by Crippen LogP contribution is 2.57. The molecular formula is C20H17Cl2F3N2O3S.